The van der Waals surface area contributed by atoms with E-state index in [1.807, 2.05) is 0 Å². The van der Waals surface area contributed by atoms with Crippen molar-refractivity contribution in [3.63, 3.8) is 0 Å². The summed E-state index contributed by atoms with van der Waals surface area (Å²) in [6, 6.07) is 3.82. The van der Waals surface area contributed by atoms with Gasteiger partial charge in [0.15, 0.2) is 5.82 Å². The summed E-state index contributed by atoms with van der Waals surface area (Å²) < 4.78 is 24.3. The van der Waals surface area contributed by atoms with Gasteiger partial charge in [0.2, 0.25) is 0 Å². The number of nitrogens with one attached hydrogen (secondary N) is 1. The maximum Gasteiger partial charge on any atom is 0.253 e. The second-order valence-electron chi connectivity index (χ2n) is 4.73. The molecule has 1 aromatic rings. The highest BCUT2D eigenvalue weighted by atomic mass is 19.1. The lowest BCUT2D eigenvalue weighted by Crippen LogP contribution is -2.30. The highest BCUT2D eigenvalue weighted by Crippen LogP contribution is 2.26. The molecule has 0 saturated carbocycles. The van der Waals surface area contributed by atoms with Gasteiger partial charge in [0.25, 0.3) is 5.91 Å². The predicted octanol–water partition coefficient (Wildman–Crippen LogP) is 2.05. The van der Waals surface area contributed by atoms with E-state index in [1.54, 1.807) is 6.92 Å². The van der Waals surface area contributed by atoms with Crippen molar-refractivity contribution in [3.05, 3.63) is 24.0 Å². The molecule has 1 saturated heterocycles. The van der Waals surface area contributed by atoms with Crippen LogP contribution in [0.2, 0.25) is 0 Å². The lowest BCUT2D eigenvalue weighted by atomic mass is 10.2. The van der Waals surface area contributed by atoms with Crippen LogP contribution in [0.25, 0.3) is 0 Å². The summed E-state index contributed by atoms with van der Waals surface area (Å²) in [6.07, 6.45) is 1.19. The van der Waals surface area contributed by atoms with E-state index in [9.17, 15) is 14.3 Å². The second-order valence-corrected chi connectivity index (χ2v) is 4.73. The van der Waals surface area contributed by atoms with Gasteiger partial charge in [-0.05, 0) is 31.9 Å². The van der Waals surface area contributed by atoms with Crippen molar-refractivity contribution in [1.29, 1.82) is 0 Å². The number of rotatable bonds is 5. The van der Waals surface area contributed by atoms with Crippen LogP contribution in [0.4, 0.5) is 10.1 Å². The minimum Gasteiger partial charge on any atom is -0.506 e. The first-order valence-corrected chi connectivity index (χ1v) is 6.59. The van der Waals surface area contributed by atoms with E-state index in [1.165, 1.54) is 12.1 Å². The molecule has 0 aliphatic carbocycles. The van der Waals surface area contributed by atoms with Gasteiger partial charge in [0.1, 0.15) is 17.5 Å². The number of amides is 1. The molecular weight excluding hydrogens is 265 g/mol. The van der Waals surface area contributed by atoms with Crippen LogP contribution < -0.4 is 5.32 Å². The molecule has 1 amide bonds. The Kier molecular flexibility index (Phi) is 4.92. The molecule has 20 heavy (non-hydrogen) atoms. The number of aromatic hydroxyl groups is 1. The fraction of sp³-hybridized carbons (Fsp3) is 0.500. The van der Waals surface area contributed by atoms with Crippen molar-refractivity contribution in [3.8, 4) is 5.75 Å². The maximum absolute atomic E-state index is 13.5. The number of hydrogen-bond acceptors (Lipinski definition) is 4. The van der Waals surface area contributed by atoms with Crippen molar-refractivity contribution < 1.29 is 23.8 Å². The number of carbonyl (C=O) groups excluding carboxylic acids is 1. The zero-order chi connectivity index (χ0) is 14.5. The van der Waals surface area contributed by atoms with Crippen molar-refractivity contribution >= 4 is 11.6 Å². The Balaban J connectivity index is 1.87. The molecule has 0 aromatic heterocycles. The SMILES string of the molecule is C[C@H](OC[C@H]1CCCO1)C(=O)Nc1c(O)cccc1F. The molecule has 6 heteroatoms. The molecule has 1 heterocycles. The van der Waals surface area contributed by atoms with Crippen LogP contribution in [0.5, 0.6) is 5.75 Å². The summed E-state index contributed by atoms with van der Waals surface area (Å²) in [7, 11) is 0. The lowest BCUT2D eigenvalue weighted by Gasteiger charge is -2.16. The monoisotopic (exact) mass is 283 g/mol. The van der Waals surface area contributed by atoms with Crippen LogP contribution in [-0.2, 0) is 14.3 Å². The Morgan fingerprint density at radius 1 is 1.65 bits per heavy atom. The third-order valence-corrected chi connectivity index (χ3v) is 3.17. The molecule has 110 valence electrons. The highest BCUT2D eigenvalue weighted by molar-refractivity contribution is 5.95. The quantitative estimate of drug-likeness (QED) is 0.812. The number of halogens is 1. The smallest absolute Gasteiger partial charge is 0.253 e. The fourth-order valence-corrected chi connectivity index (χ4v) is 1.96. The minimum absolute atomic E-state index is 0.0205. The highest BCUT2D eigenvalue weighted by Gasteiger charge is 2.21. The van der Waals surface area contributed by atoms with E-state index in [0.29, 0.717) is 6.61 Å². The van der Waals surface area contributed by atoms with Gasteiger partial charge >= 0.3 is 0 Å². The maximum atomic E-state index is 13.5. The summed E-state index contributed by atoms with van der Waals surface area (Å²) in [4.78, 5) is 11.9. The number of carbonyl (C=O) groups is 1. The molecule has 0 unspecified atom stereocenters. The van der Waals surface area contributed by atoms with Crippen molar-refractivity contribution in [2.75, 3.05) is 18.5 Å². The van der Waals surface area contributed by atoms with E-state index >= 15 is 0 Å². The largest absolute Gasteiger partial charge is 0.506 e. The summed E-state index contributed by atoms with van der Waals surface area (Å²) in [5, 5.41) is 11.8. The molecule has 2 rings (SSSR count). The number of hydrogen-bond donors (Lipinski definition) is 2. The molecule has 2 atom stereocenters. The van der Waals surface area contributed by atoms with Gasteiger partial charge < -0.3 is 19.9 Å². The van der Waals surface area contributed by atoms with Crippen LogP contribution >= 0.6 is 0 Å². The first-order valence-electron chi connectivity index (χ1n) is 6.59. The predicted molar refractivity (Wildman–Crippen MR) is 71.1 cm³/mol. The molecule has 5 nitrogen and oxygen atoms in total. The zero-order valence-corrected chi connectivity index (χ0v) is 11.3. The summed E-state index contributed by atoms with van der Waals surface area (Å²) >= 11 is 0. The molecule has 0 radical (unpaired) electrons. The lowest BCUT2D eigenvalue weighted by molar-refractivity contribution is -0.128. The Labute approximate surface area is 116 Å². The summed E-state index contributed by atoms with van der Waals surface area (Å²) in [5.74, 6) is -1.52. The van der Waals surface area contributed by atoms with Gasteiger partial charge in [0.05, 0.1) is 12.7 Å². The van der Waals surface area contributed by atoms with Crippen LogP contribution in [0.1, 0.15) is 19.8 Å². The number of ether oxygens (including phenoxy) is 2. The third kappa shape index (κ3) is 3.68. The molecule has 0 bridgehead atoms. The van der Waals surface area contributed by atoms with Gasteiger partial charge in [-0.3, -0.25) is 4.79 Å². The molecule has 0 spiro atoms. The first kappa shape index (κ1) is 14.7. The third-order valence-electron chi connectivity index (χ3n) is 3.17. The average Bonchev–Trinajstić information content (AvgIpc) is 2.93. The van der Waals surface area contributed by atoms with Crippen molar-refractivity contribution in [2.24, 2.45) is 0 Å². The summed E-state index contributed by atoms with van der Waals surface area (Å²) in [6.45, 7) is 2.62. The second kappa shape index (κ2) is 6.67. The van der Waals surface area contributed by atoms with E-state index < -0.39 is 17.8 Å². The number of anilines is 1. The van der Waals surface area contributed by atoms with Crippen LogP contribution in [-0.4, -0.2) is 36.4 Å². The van der Waals surface area contributed by atoms with E-state index in [4.69, 9.17) is 9.47 Å². The van der Waals surface area contributed by atoms with Crippen LogP contribution in [0.3, 0.4) is 0 Å². The molecule has 1 fully saturated rings. The Hall–Kier alpha value is -1.66. The number of phenolic OH excluding ortho intramolecular Hbond substituents is 1. The van der Waals surface area contributed by atoms with E-state index in [2.05, 4.69) is 5.32 Å². The van der Waals surface area contributed by atoms with Gasteiger partial charge in [-0.1, -0.05) is 6.07 Å². The van der Waals surface area contributed by atoms with Crippen LogP contribution in [0, 0.1) is 5.82 Å². The standard InChI is InChI=1S/C14H18FNO4/c1-9(20-8-10-4-3-7-19-10)14(18)16-13-11(15)5-2-6-12(13)17/h2,5-6,9-10,17H,3-4,7-8H2,1H3,(H,16,18)/t9-,10+/m0/s1. The molecular formula is C14H18FNO4. The van der Waals surface area contributed by atoms with Crippen molar-refractivity contribution in [1.82, 2.24) is 0 Å². The fourth-order valence-electron chi connectivity index (χ4n) is 1.96. The van der Waals surface area contributed by atoms with Gasteiger partial charge in [0, 0.05) is 6.61 Å². The van der Waals surface area contributed by atoms with Crippen molar-refractivity contribution in [2.45, 2.75) is 32.0 Å². The number of benzene rings is 1. The Morgan fingerprint density at radius 3 is 3.10 bits per heavy atom. The number of para-hydroxylation sites is 1. The Bertz CT molecular complexity index is 454. The molecule has 1 aromatic carbocycles. The van der Waals surface area contributed by atoms with Gasteiger partial charge in [-0.2, -0.15) is 0 Å². The molecule has 1 aliphatic rings. The summed E-state index contributed by atoms with van der Waals surface area (Å²) in [5.41, 5.74) is -0.231. The van der Waals surface area contributed by atoms with Gasteiger partial charge in [-0.15, -0.1) is 0 Å². The van der Waals surface area contributed by atoms with Crippen LogP contribution in [0.15, 0.2) is 18.2 Å². The van der Waals surface area contributed by atoms with Gasteiger partial charge in [-0.25, -0.2) is 4.39 Å². The first-order chi connectivity index (χ1) is 9.58. The normalized spacial score (nSPS) is 19.8. The minimum atomic E-state index is -0.752. The topological polar surface area (TPSA) is 67.8 Å². The average molecular weight is 283 g/mol. The molecule has 1 aliphatic heterocycles. The zero-order valence-electron chi connectivity index (χ0n) is 11.3. The van der Waals surface area contributed by atoms with E-state index in [0.717, 1.165) is 25.5 Å². The Morgan fingerprint density at radius 2 is 2.45 bits per heavy atom. The molecule has 2 N–H and O–H groups in total. The number of phenols is 1. The van der Waals surface area contributed by atoms with E-state index in [-0.39, 0.29) is 17.5 Å².